The Balaban J connectivity index is 1.55. The first-order valence-electron chi connectivity index (χ1n) is 10.4. The Morgan fingerprint density at radius 2 is 1.88 bits per heavy atom. The zero-order chi connectivity index (χ0) is 23.8. The standard InChI is InChI=1S/C22H24N6O4S/c1-4-27-19-10-9-15(33(31,32)26(2)3)13-18(19)24-20(27)11-12-21(29)25-28-14-23-17-8-6-5-7-16(17)22(28)30/h5-10,13-14H,4,11-12H2,1-3H3,(H,25,29). The average molecular weight is 469 g/mol. The molecule has 0 saturated heterocycles. The number of aryl methyl sites for hydroxylation is 2. The van der Waals surface area contributed by atoms with Crippen molar-refractivity contribution in [1.29, 1.82) is 0 Å². The first kappa shape index (κ1) is 22.6. The molecule has 0 aliphatic heterocycles. The van der Waals surface area contributed by atoms with Crippen LogP contribution in [0.5, 0.6) is 0 Å². The highest BCUT2D eigenvalue weighted by molar-refractivity contribution is 7.89. The highest BCUT2D eigenvalue weighted by Crippen LogP contribution is 2.22. The molecule has 1 N–H and O–H groups in total. The lowest BCUT2D eigenvalue weighted by atomic mass is 10.2. The fraction of sp³-hybridized carbons (Fsp3) is 0.273. The van der Waals surface area contributed by atoms with Crippen molar-refractivity contribution in [1.82, 2.24) is 23.5 Å². The molecule has 0 fully saturated rings. The number of sulfonamides is 1. The quantitative estimate of drug-likeness (QED) is 0.441. The zero-order valence-electron chi connectivity index (χ0n) is 18.5. The Hall–Kier alpha value is -3.57. The molecule has 4 rings (SSSR count). The Kier molecular flexibility index (Phi) is 6.00. The summed E-state index contributed by atoms with van der Waals surface area (Å²) in [5, 5.41) is 0.413. The maximum Gasteiger partial charge on any atom is 0.280 e. The molecule has 0 radical (unpaired) electrons. The van der Waals surface area contributed by atoms with Crippen molar-refractivity contribution in [2.45, 2.75) is 31.2 Å². The lowest BCUT2D eigenvalue weighted by molar-refractivity contribution is -0.117. The van der Waals surface area contributed by atoms with Crippen LogP contribution in [0.25, 0.3) is 21.9 Å². The lowest BCUT2D eigenvalue weighted by Crippen LogP contribution is -2.33. The van der Waals surface area contributed by atoms with E-state index in [-0.39, 0.29) is 22.8 Å². The molecule has 0 aliphatic carbocycles. The fourth-order valence-corrected chi connectivity index (χ4v) is 4.56. The van der Waals surface area contributed by atoms with E-state index in [2.05, 4.69) is 15.4 Å². The first-order valence-corrected chi connectivity index (χ1v) is 11.8. The topological polar surface area (TPSA) is 119 Å². The average Bonchev–Trinajstić information content (AvgIpc) is 3.16. The van der Waals surface area contributed by atoms with E-state index < -0.39 is 10.0 Å². The molecule has 172 valence electrons. The van der Waals surface area contributed by atoms with E-state index in [9.17, 15) is 18.0 Å². The fourth-order valence-electron chi connectivity index (χ4n) is 3.64. The molecule has 4 aromatic rings. The minimum Gasteiger partial charge on any atom is -0.328 e. The molecule has 0 unspecified atom stereocenters. The zero-order valence-corrected chi connectivity index (χ0v) is 19.3. The van der Waals surface area contributed by atoms with Gasteiger partial charge in [0, 0.05) is 33.5 Å². The van der Waals surface area contributed by atoms with Gasteiger partial charge in [0.05, 0.1) is 26.8 Å². The summed E-state index contributed by atoms with van der Waals surface area (Å²) in [6.45, 7) is 2.57. The molecule has 1 amide bonds. The Morgan fingerprint density at radius 1 is 1.12 bits per heavy atom. The summed E-state index contributed by atoms with van der Waals surface area (Å²) in [6.07, 6.45) is 1.70. The summed E-state index contributed by atoms with van der Waals surface area (Å²) in [7, 11) is -0.624. The summed E-state index contributed by atoms with van der Waals surface area (Å²) in [5.41, 5.74) is 4.10. The highest BCUT2D eigenvalue weighted by Gasteiger charge is 2.20. The first-order chi connectivity index (χ1) is 15.7. The van der Waals surface area contributed by atoms with Crippen molar-refractivity contribution >= 4 is 37.9 Å². The summed E-state index contributed by atoms with van der Waals surface area (Å²) in [5.74, 6) is 0.297. The van der Waals surface area contributed by atoms with Gasteiger partial charge in [-0.05, 0) is 37.3 Å². The molecule has 0 saturated carbocycles. The van der Waals surface area contributed by atoms with E-state index in [1.807, 2.05) is 11.5 Å². The van der Waals surface area contributed by atoms with Gasteiger partial charge in [0.2, 0.25) is 15.9 Å². The van der Waals surface area contributed by atoms with E-state index in [1.165, 1.54) is 20.4 Å². The number of amides is 1. The molecule has 0 atom stereocenters. The number of para-hydroxylation sites is 1. The minimum atomic E-state index is -3.58. The van der Waals surface area contributed by atoms with Crippen LogP contribution in [0, 0.1) is 0 Å². The van der Waals surface area contributed by atoms with Crippen LogP contribution < -0.4 is 11.0 Å². The third-order valence-corrected chi connectivity index (χ3v) is 7.19. The lowest BCUT2D eigenvalue weighted by Gasteiger charge is -2.11. The van der Waals surface area contributed by atoms with E-state index in [4.69, 9.17) is 0 Å². The molecule has 0 spiro atoms. The molecule has 2 heterocycles. The maximum absolute atomic E-state index is 12.6. The molecule has 33 heavy (non-hydrogen) atoms. The monoisotopic (exact) mass is 468 g/mol. The number of carbonyl (C=O) groups is 1. The summed E-state index contributed by atoms with van der Waals surface area (Å²) in [6, 6.07) is 11.7. The van der Waals surface area contributed by atoms with Crippen LogP contribution >= 0.6 is 0 Å². The largest absolute Gasteiger partial charge is 0.328 e. The second kappa shape index (κ2) is 8.75. The molecule has 10 nitrogen and oxygen atoms in total. The number of hydrogen-bond donors (Lipinski definition) is 1. The number of carbonyl (C=O) groups excluding carboxylic acids is 1. The van der Waals surface area contributed by atoms with E-state index >= 15 is 0 Å². The molecule has 0 bridgehead atoms. The summed E-state index contributed by atoms with van der Waals surface area (Å²) in [4.78, 5) is 34.0. The second-order valence-corrected chi connectivity index (χ2v) is 9.83. The van der Waals surface area contributed by atoms with Gasteiger partial charge in [0.1, 0.15) is 12.2 Å². The van der Waals surface area contributed by atoms with E-state index in [1.54, 1.807) is 42.5 Å². The SMILES string of the molecule is CCn1c(CCC(=O)Nn2cnc3ccccc3c2=O)nc2cc(S(=O)(=O)N(C)C)ccc21. The van der Waals surface area contributed by atoms with E-state index in [0.29, 0.717) is 35.2 Å². The van der Waals surface area contributed by atoms with Crippen LogP contribution in [-0.2, 0) is 27.8 Å². The third kappa shape index (κ3) is 4.24. The van der Waals surface area contributed by atoms with Crippen LogP contribution in [0.3, 0.4) is 0 Å². The number of benzene rings is 2. The number of hydrogen-bond acceptors (Lipinski definition) is 6. The Bertz CT molecular complexity index is 1520. The van der Waals surface area contributed by atoms with Gasteiger partial charge in [-0.2, -0.15) is 0 Å². The van der Waals surface area contributed by atoms with Gasteiger partial charge in [-0.15, -0.1) is 0 Å². The van der Waals surface area contributed by atoms with Crippen LogP contribution in [0.1, 0.15) is 19.2 Å². The van der Waals surface area contributed by atoms with Gasteiger partial charge in [0.25, 0.3) is 5.56 Å². The number of rotatable bonds is 7. The molecular formula is C22H24N6O4S. The molecule has 2 aromatic carbocycles. The van der Waals surface area contributed by atoms with Crippen molar-refractivity contribution in [3.8, 4) is 0 Å². The van der Waals surface area contributed by atoms with Crippen molar-refractivity contribution in [2.24, 2.45) is 0 Å². The Labute approximate surface area is 190 Å². The van der Waals surface area contributed by atoms with Gasteiger partial charge in [0.15, 0.2) is 0 Å². The molecule has 2 aromatic heterocycles. The van der Waals surface area contributed by atoms with Crippen molar-refractivity contribution in [3.63, 3.8) is 0 Å². The normalized spacial score (nSPS) is 12.0. The predicted molar refractivity (Wildman–Crippen MR) is 125 cm³/mol. The minimum absolute atomic E-state index is 0.0887. The highest BCUT2D eigenvalue weighted by atomic mass is 32.2. The van der Waals surface area contributed by atoms with Gasteiger partial charge in [-0.1, -0.05) is 12.1 Å². The van der Waals surface area contributed by atoms with Crippen LogP contribution in [0.2, 0.25) is 0 Å². The molecular weight excluding hydrogens is 444 g/mol. The molecule has 11 heteroatoms. The second-order valence-electron chi connectivity index (χ2n) is 7.68. The summed E-state index contributed by atoms with van der Waals surface area (Å²) >= 11 is 0. The third-order valence-electron chi connectivity index (χ3n) is 5.38. The number of fused-ring (bicyclic) bond motifs is 2. The van der Waals surface area contributed by atoms with Gasteiger partial charge < -0.3 is 4.57 Å². The number of imidazole rings is 1. The number of nitrogens with one attached hydrogen (secondary N) is 1. The Morgan fingerprint density at radius 3 is 2.61 bits per heavy atom. The van der Waals surface area contributed by atoms with Gasteiger partial charge >= 0.3 is 0 Å². The van der Waals surface area contributed by atoms with Gasteiger partial charge in [-0.3, -0.25) is 15.0 Å². The van der Waals surface area contributed by atoms with E-state index in [0.717, 1.165) is 14.5 Å². The predicted octanol–water partition coefficient (Wildman–Crippen LogP) is 1.72. The van der Waals surface area contributed by atoms with Crippen LogP contribution in [0.4, 0.5) is 0 Å². The van der Waals surface area contributed by atoms with Crippen molar-refractivity contribution in [3.05, 3.63) is 65.0 Å². The van der Waals surface area contributed by atoms with Crippen LogP contribution in [0.15, 0.2) is 58.5 Å². The van der Waals surface area contributed by atoms with Crippen molar-refractivity contribution in [2.75, 3.05) is 19.5 Å². The summed E-state index contributed by atoms with van der Waals surface area (Å²) < 4.78 is 29.1. The van der Waals surface area contributed by atoms with Crippen LogP contribution in [-0.4, -0.2) is 51.9 Å². The van der Waals surface area contributed by atoms with Crippen molar-refractivity contribution < 1.29 is 13.2 Å². The number of aromatic nitrogens is 4. The smallest absolute Gasteiger partial charge is 0.280 e. The molecule has 0 aliphatic rings. The maximum atomic E-state index is 12.6. The number of nitrogens with zero attached hydrogens (tertiary/aromatic N) is 5. The van der Waals surface area contributed by atoms with Gasteiger partial charge in [-0.25, -0.2) is 27.4 Å².